The van der Waals surface area contributed by atoms with Crippen LogP contribution < -0.4 is 0 Å². The van der Waals surface area contributed by atoms with Crippen molar-refractivity contribution >= 4 is 0 Å². The topological polar surface area (TPSA) is 46.0 Å². The van der Waals surface area contributed by atoms with E-state index in [9.17, 15) is 0 Å². The summed E-state index contributed by atoms with van der Waals surface area (Å²) in [6.45, 7) is 2.40. The Morgan fingerprint density at radius 1 is 0.818 bits per heavy atom. The van der Waals surface area contributed by atoms with Crippen LogP contribution in [0.2, 0.25) is 0 Å². The van der Waals surface area contributed by atoms with Gasteiger partial charge in [0, 0.05) is 19.0 Å². The summed E-state index contributed by atoms with van der Waals surface area (Å²) >= 11 is 0. The maximum atomic E-state index is 8.74. The van der Waals surface area contributed by atoms with E-state index >= 15 is 0 Å². The van der Waals surface area contributed by atoms with Crippen molar-refractivity contribution in [2.45, 2.75) is 51.9 Å². The highest BCUT2D eigenvalue weighted by molar-refractivity contribution is 5.55. The molecule has 0 bridgehead atoms. The minimum Gasteiger partial charge on any atom is -0.396 e. The second-order valence-electron chi connectivity index (χ2n) is 5.86. The van der Waals surface area contributed by atoms with Crippen molar-refractivity contribution in [3.8, 4) is 11.4 Å². The van der Waals surface area contributed by atoms with Gasteiger partial charge in [0.05, 0.1) is 11.4 Å². The fraction of sp³-hybridized carbons (Fsp3) is 0.474. The summed E-state index contributed by atoms with van der Waals surface area (Å²) in [4.78, 5) is 8.85. The van der Waals surface area contributed by atoms with E-state index < -0.39 is 0 Å². The lowest BCUT2D eigenvalue weighted by molar-refractivity contribution is 0.282. The Labute approximate surface area is 133 Å². The third kappa shape index (κ3) is 5.57. The lowest BCUT2D eigenvalue weighted by Crippen LogP contribution is -1.92. The molecule has 0 aliphatic carbocycles. The maximum absolute atomic E-state index is 8.74. The molecule has 2 aromatic heterocycles. The molecule has 0 fully saturated rings. The molecule has 2 heterocycles. The van der Waals surface area contributed by atoms with Gasteiger partial charge in [-0.15, -0.1) is 0 Å². The first-order chi connectivity index (χ1) is 10.8. The average Bonchev–Trinajstić information content (AvgIpc) is 2.54. The largest absolute Gasteiger partial charge is 0.396 e. The molecule has 0 unspecified atom stereocenters. The molecule has 2 aromatic rings. The van der Waals surface area contributed by atoms with Crippen LogP contribution >= 0.6 is 0 Å². The standard InChI is InChI=1S/C19H26N2O/c1-16-9-11-20-18(14-16)19-15-17(10-12-21-19)8-6-4-2-3-5-7-13-22/h9-12,14-15,22H,2-8,13H2,1H3. The van der Waals surface area contributed by atoms with Crippen LogP contribution in [0.25, 0.3) is 11.4 Å². The third-order valence-corrected chi connectivity index (χ3v) is 3.88. The normalized spacial score (nSPS) is 10.8. The van der Waals surface area contributed by atoms with Gasteiger partial charge >= 0.3 is 0 Å². The van der Waals surface area contributed by atoms with Crippen LogP contribution in [0.15, 0.2) is 36.7 Å². The van der Waals surface area contributed by atoms with Crippen molar-refractivity contribution in [2.75, 3.05) is 6.61 Å². The van der Waals surface area contributed by atoms with Crippen LogP contribution in [0, 0.1) is 6.92 Å². The van der Waals surface area contributed by atoms with Crippen LogP contribution in [-0.4, -0.2) is 21.7 Å². The summed E-state index contributed by atoms with van der Waals surface area (Å²) in [5, 5.41) is 8.74. The number of aliphatic hydroxyl groups excluding tert-OH is 1. The minimum absolute atomic E-state index is 0.326. The highest BCUT2D eigenvalue weighted by Gasteiger charge is 2.03. The summed E-state index contributed by atoms with van der Waals surface area (Å²) < 4.78 is 0. The van der Waals surface area contributed by atoms with E-state index in [2.05, 4.69) is 35.1 Å². The smallest absolute Gasteiger partial charge is 0.0888 e. The summed E-state index contributed by atoms with van der Waals surface area (Å²) in [7, 11) is 0. The highest BCUT2D eigenvalue weighted by Crippen LogP contribution is 2.18. The van der Waals surface area contributed by atoms with Crippen molar-refractivity contribution in [1.82, 2.24) is 9.97 Å². The molecular weight excluding hydrogens is 272 g/mol. The van der Waals surface area contributed by atoms with Crippen LogP contribution in [0.5, 0.6) is 0 Å². The van der Waals surface area contributed by atoms with E-state index in [4.69, 9.17) is 5.11 Å². The van der Waals surface area contributed by atoms with Crippen molar-refractivity contribution in [3.05, 3.63) is 47.8 Å². The number of pyridine rings is 2. The molecule has 0 atom stereocenters. The Hall–Kier alpha value is -1.74. The van der Waals surface area contributed by atoms with Crippen LogP contribution in [-0.2, 0) is 6.42 Å². The van der Waals surface area contributed by atoms with Crippen molar-refractivity contribution in [2.24, 2.45) is 0 Å². The first kappa shape index (κ1) is 16.6. The second-order valence-corrected chi connectivity index (χ2v) is 5.86. The van der Waals surface area contributed by atoms with Crippen LogP contribution in [0.1, 0.15) is 49.7 Å². The molecule has 0 radical (unpaired) electrons. The summed E-state index contributed by atoms with van der Waals surface area (Å²) in [5.41, 5.74) is 4.46. The van der Waals surface area contributed by atoms with Gasteiger partial charge < -0.3 is 5.11 Å². The number of rotatable bonds is 9. The van der Waals surface area contributed by atoms with Crippen molar-refractivity contribution in [1.29, 1.82) is 0 Å². The predicted molar refractivity (Wildman–Crippen MR) is 90.7 cm³/mol. The minimum atomic E-state index is 0.326. The molecule has 3 heteroatoms. The summed E-state index contributed by atoms with van der Waals surface area (Å²) in [5.74, 6) is 0. The molecule has 0 aliphatic rings. The van der Waals surface area contributed by atoms with Crippen LogP contribution in [0.3, 0.4) is 0 Å². The Morgan fingerprint density at radius 2 is 1.45 bits per heavy atom. The predicted octanol–water partition coefficient (Wildman–Crippen LogP) is 4.33. The number of hydrogen-bond acceptors (Lipinski definition) is 3. The van der Waals surface area contributed by atoms with E-state index in [1.807, 2.05) is 18.5 Å². The Balaban J connectivity index is 1.82. The zero-order chi connectivity index (χ0) is 15.6. The Bertz CT molecular complexity index is 569. The summed E-state index contributed by atoms with van der Waals surface area (Å²) in [6, 6.07) is 8.34. The number of aromatic nitrogens is 2. The Morgan fingerprint density at radius 3 is 2.18 bits per heavy atom. The van der Waals surface area contributed by atoms with E-state index in [0.29, 0.717) is 6.61 Å². The first-order valence-corrected chi connectivity index (χ1v) is 8.28. The van der Waals surface area contributed by atoms with Gasteiger partial charge in [-0.25, -0.2) is 0 Å². The molecule has 0 saturated carbocycles. The molecule has 2 rings (SSSR count). The number of hydrogen-bond donors (Lipinski definition) is 1. The number of unbranched alkanes of at least 4 members (excludes halogenated alkanes) is 5. The molecule has 0 aromatic carbocycles. The molecule has 118 valence electrons. The molecule has 0 spiro atoms. The quantitative estimate of drug-likeness (QED) is 0.701. The third-order valence-electron chi connectivity index (χ3n) is 3.88. The van der Waals surface area contributed by atoms with E-state index in [1.54, 1.807) is 0 Å². The first-order valence-electron chi connectivity index (χ1n) is 8.28. The number of aliphatic hydroxyl groups is 1. The second kappa shape index (κ2) is 9.31. The average molecular weight is 298 g/mol. The van der Waals surface area contributed by atoms with Gasteiger partial charge in [0.25, 0.3) is 0 Å². The monoisotopic (exact) mass is 298 g/mol. The SMILES string of the molecule is Cc1ccnc(-c2cc(CCCCCCCCO)ccn2)c1. The van der Waals surface area contributed by atoms with Crippen molar-refractivity contribution < 1.29 is 5.11 Å². The zero-order valence-electron chi connectivity index (χ0n) is 13.5. The number of aryl methyl sites for hydroxylation is 2. The zero-order valence-corrected chi connectivity index (χ0v) is 13.5. The molecule has 0 amide bonds. The molecule has 1 N–H and O–H groups in total. The van der Waals surface area contributed by atoms with Gasteiger partial charge in [0.1, 0.15) is 0 Å². The molecule has 0 aliphatic heterocycles. The van der Waals surface area contributed by atoms with E-state index in [1.165, 1.54) is 36.8 Å². The van der Waals surface area contributed by atoms with Gasteiger partial charge in [0.15, 0.2) is 0 Å². The molecule has 0 saturated heterocycles. The molecular formula is C19H26N2O. The van der Waals surface area contributed by atoms with Gasteiger partial charge in [-0.2, -0.15) is 0 Å². The van der Waals surface area contributed by atoms with Gasteiger partial charge in [-0.1, -0.05) is 25.7 Å². The lowest BCUT2D eigenvalue weighted by Gasteiger charge is -2.05. The molecule has 3 nitrogen and oxygen atoms in total. The maximum Gasteiger partial charge on any atom is 0.0888 e. The van der Waals surface area contributed by atoms with Crippen molar-refractivity contribution in [3.63, 3.8) is 0 Å². The van der Waals surface area contributed by atoms with Crippen LogP contribution in [0.4, 0.5) is 0 Å². The molecule has 22 heavy (non-hydrogen) atoms. The number of nitrogens with zero attached hydrogens (tertiary/aromatic N) is 2. The Kier molecular flexibility index (Phi) is 7.04. The van der Waals surface area contributed by atoms with E-state index in [0.717, 1.165) is 30.7 Å². The summed E-state index contributed by atoms with van der Waals surface area (Å²) in [6.07, 6.45) is 11.9. The highest BCUT2D eigenvalue weighted by atomic mass is 16.2. The fourth-order valence-electron chi connectivity index (χ4n) is 2.59. The van der Waals surface area contributed by atoms with Gasteiger partial charge in [-0.05, 0) is 61.6 Å². The van der Waals surface area contributed by atoms with E-state index in [-0.39, 0.29) is 0 Å². The van der Waals surface area contributed by atoms with Gasteiger partial charge in [-0.3, -0.25) is 9.97 Å². The fourth-order valence-corrected chi connectivity index (χ4v) is 2.59. The van der Waals surface area contributed by atoms with Gasteiger partial charge in [0.2, 0.25) is 0 Å². The lowest BCUT2D eigenvalue weighted by atomic mass is 10.0.